The SMILES string of the molecule is N#CC(C(=O)N/N=C/C1=Cc2ccccc2OC1)c1ccccc1. The standard InChI is InChI=1S/C19H15N3O2/c20-11-17(15-6-2-1-3-7-15)19(23)22-21-12-14-10-16-8-4-5-9-18(16)24-13-14/h1-10,12,17H,13H2,(H,22,23)/b21-12+. The Morgan fingerprint density at radius 2 is 1.96 bits per heavy atom. The monoisotopic (exact) mass is 317 g/mol. The highest BCUT2D eigenvalue weighted by atomic mass is 16.5. The zero-order valence-electron chi connectivity index (χ0n) is 12.8. The van der Waals surface area contributed by atoms with Crippen LogP contribution in [0.1, 0.15) is 17.0 Å². The molecule has 0 spiro atoms. The Morgan fingerprint density at radius 1 is 1.21 bits per heavy atom. The normalized spacial score (nSPS) is 14.0. The number of fused-ring (bicyclic) bond motifs is 1. The van der Waals surface area contributed by atoms with Crippen molar-refractivity contribution in [2.24, 2.45) is 5.10 Å². The third-order valence-electron chi connectivity index (χ3n) is 3.58. The van der Waals surface area contributed by atoms with E-state index in [1.165, 1.54) is 6.21 Å². The number of hydrogen-bond donors (Lipinski definition) is 1. The largest absolute Gasteiger partial charge is 0.488 e. The number of ether oxygens (including phenoxy) is 1. The molecule has 0 fully saturated rings. The summed E-state index contributed by atoms with van der Waals surface area (Å²) in [5.74, 6) is -0.523. The number of benzene rings is 2. The summed E-state index contributed by atoms with van der Waals surface area (Å²) in [6.07, 6.45) is 3.49. The summed E-state index contributed by atoms with van der Waals surface area (Å²) in [6.45, 7) is 0.386. The Morgan fingerprint density at radius 3 is 2.75 bits per heavy atom. The van der Waals surface area contributed by atoms with Gasteiger partial charge in [-0.2, -0.15) is 10.4 Å². The zero-order chi connectivity index (χ0) is 16.8. The van der Waals surface area contributed by atoms with Gasteiger partial charge >= 0.3 is 0 Å². The highest BCUT2D eigenvalue weighted by Crippen LogP contribution is 2.24. The molecule has 24 heavy (non-hydrogen) atoms. The van der Waals surface area contributed by atoms with Crippen LogP contribution in [0.4, 0.5) is 0 Å². The van der Waals surface area contributed by atoms with Gasteiger partial charge in [0.15, 0.2) is 5.92 Å². The van der Waals surface area contributed by atoms with Gasteiger partial charge in [0.1, 0.15) is 12.4 Å². The number of carbonyl (C=O) groups excluding carboxylic acids is 1. The molecule has 0 saturated carbocycles. The summed E-state index contributed by atoms with van der Waals surface area (Å²) < 4.78 is 5.61. The number of nitriles is 1. The average molecular weight is 317 g/mol. The van der Waals surface area contributed by atoms with E-state index in [1.807, 2.05) is 42.5 Å². The molecule has 1 atom stereocenters. The first-order chi connectivity index (χ1) is 11.8. The van der Waals surface area contributed by atoms with Crippen LogP contribution in [0.3, 0.4) is 0 Å². The van der Waals surface area contributed by atoms with Crippen LogP contribution in [-0.4, -0.2) is 18.7 Å². The fourth-order valence-corrected chi connectivity index (χ4v) is 2.38. The van der Waals surface area contributed by atoms with Crippen LogP contribution in [0.5, 0.6) is 5.75 Å². The van der Waals surface area contributed by atoms with Crippen LogP contribution in [0.15, 0.2) is 65.3 Å². The summed E-state index contributed by atoms with van der Waals surface area (Å²) in [4.78, 5) is 12.1. The van der Waals surface area contributed by atoms with Crippen molar-refractivity contribution >= 4 is 18.2 Å². The van der Waals surface area contributed by atoms with E-state index in [2.05, 4.69) is 10.5 Å². The van der Waals surface area contributed by atoms with E-state index in [0.29, 0.717) is 12.2 Å². The molecule has 1 aliphatic heterocycles. The Bertz CT molecular complexity index is 835. The van der Waals surface area contributed by atoms with Gasteiger partial charge in [0.2, 0.25) is 0 Å². The lowest BCUT2D eigenvalue weighted by Crippen LogP contribution is -2.24. The number of carbonyl (C=O) groups is 1. The number of para-hydroxylation sites is 1. The van der Waals surface area contributed by atoms with Crippen molar-refractivity contribution in [1.82, 2.24) is 5.43 Å². The molecule has 0 saturated heterocycles. The van der Waals surface area contributed by atoms with E-state index < -0.39 is 11.8 Å². The Hall–Kier alpha value is -3.39. The maximum Gasteiger partial charge on any atom is 0.261 e. The van der Waals surface area contributed by atoms with E-state index in [0.717, 1.165) is 16.9 Å². The summed E-state index contributed by atoms with van der Waals surface area (Å²) in [6, 6.07) is 18.6. The predicted octanol–water partition coefficient (Wildman–Crippen LogP) is 2.87. The van der Waals surface area contributed by atoms with Gasteiger partial charge in [0.05, 0.1) is 12.3 Å². The summed E-state index contributed by atoms with van der Waals surface area (Å²) in [5.41, 5.74) is 4.86. The molecule has 0 aliphatic carbocycles. The van der Waals surface area contributed by atoms with Gasteiger partial charge < -0.3 is 4.74 Å². The van der Waals surface area contributed by atoms with Crippen LogP contribution < -0.4 is 10.2 Å². The van der Waals surface area contributed by atoms with Crippen LogP contribution in [0.25, 0.3) is 6.08 Å². The predicted molar refractivity (Wildman–Crippen MR) is 91.3 cm³/mol. The van der Waals surface area contributed by atoms with Crippen molar-refractivity contribution in [1.29, 1.82) is 5.26 Å². The second kappa shape index (κ2) is 7.25. The first-order valence-corrected chi connectivity index (χ1v) is 7.48. The van der Waals surface area contributed by atoms with E-state index in [4.69, 9.17) is 4.74 Å². The highest BCUT2D eigenvalue weighted by molar-refractivity contribution is 5.90. The molecular formula is C19H15N3O2. The molecule has 1 aliphatic rings. The van der Waals surface area contributed by atoms with E-state index in [9.17, 15) is 10.1 Å². The first-order valence-electron chi connectivity index (χ1n) is 7.48. The van der Waals surface area contributed by atoms with Crippen LogP contribution in [0.2, 0.25) is 0 Å². The fourth-order valence-electron chi connectivity index (χ4n) is 2.38. The van der Waals surface area contributed by atoms with Crippen molar-refractivity contribution in [2.45, 2.75) is 5.92 Å². The molecule has 1 heterocycles. The molecule has 1 unspecified atom stereocenters. The van der Waals surface area contributed by atoms with Crippen molar-refractivity contribution in [3.63, 3.8) is 0 Å². The third-order valence-corrected chi connectivity index (χ3v) is 3.58. The van der Waals surface area contributed by atoms with Gasteiger partial charge in [-0.05, 0) is 17.7 Å². The van der Waals surface area contributed by atoms with Crippen molar-refractivity contribution in [3.05, 3.63) is 71.3 Å². The van der Waals surface area contributed by atoms with Gasteiger partial charge in [0.25, 0.3) is 5.91 Å². The molecule has 2 aromatic rings. The second-order valence-electron chi connectivity index (χ2n) is 5.25. The lowest BCUT2D eigenvalue weighted by atomic mass is 10.0. The van der Waals surface area contributed by atoms with Crippen LogP contribution >= 0.6 is 0 Å². The van der Waals surface area contributed by atoms with Gasteiger partial charge in [-0.3, -0.25) is 4.79 Å². The molecule has 3 rings (SSSR count). The lowest BCUT2D eigenvalue weighted by Gasteiger charge is -2.15. The number of amides is 1. The fraction of sp³-hybridized carbons (Fsp3) is 0.105. The average Bonchev–Trinajstić information content (AvgIpc) is 2.63. The molecule has 118 valence electrons. The quantitative estimate of drug-likeness (QED) is 0.696. The van der Waals surface area contributed by atoms with Gasteiger partial charge in [-0.1, -0.05) is 48.5 Å². The van der Waals surface area contributed by atoms with Crippen molar-refractivity contribution in [3.8, 4) is 11.8 Å². The first kappa shape index (κ1) is 15.5. The number of nitrogens with one attached hydrogen (secondary N) is 1. The minimum absolute atomic E-state index is 0.386. The maximum absolute atomic E-state index is 12.1. The molecular weight excluding hydrogens is 302 g/mol. The Kier molecular flexibility index (Phi) is 4.68. The second-order valence-corrected chi connectivity index (χ2v) is 5.25. The van der Waals surface area contributed by atoms with E-state index in [1.54, 1.807) is 24.3 Å². The molecule has 0 aromatic heterocycles. The Balaban J connectivity index is 1.65. The topological polar surface area (TPSA) is 74.5 Å². The Labute approximate surface area is 139 Å². The molecule has 0 radical (unpaired) electrons. The summed E-state index contributed by atoms with van der Waals surface area (Å²) in [7, 11) is 0. The van der Waals surface area contributed by atoms with Gasteiger partial charge in [0, 0.05) is 11.1 Å². The molecule has 5 heteroatoms. The molecule has 2 aromatic carbocycles. The summed E-state index contributed by atoms with van der Waals surface area (Å²) in [5, 5.41) is 13.2. The molecule has 0 bridgehead atoms. The van der Waals surface area contributed by atoms with Crippen molar-refractivity contribution in [2.75, 3.05) is 6.61 Å². The van der Waals surface area contributed by atoms with Crippen LogP contribution in [0, 0.1) is 11.3 Å². The van der Waals surface area contributed by atoms with Gasteiger partial charge in [-0.15, -0.1) is 0 Å². The lowest BCUT2D eigenvalue weighted by molar-refractivity contribution is -0.121. The minimum Gasteiger partial charge on any atom is -0.488 e. The highest BCUT2D eigenvalue weighted by Gasteiger charge is 2.19. The smallest absolute Gasteiger partial charge is 0.261 e. The zero-order valence-corrected chi connectivity index (χ0v) is 12.8. The molecule has 1 N–H and O–H groups in total. The third kappa shape index (κ3) is 3.50. The number of nitrogens with zero attached hydrogens (tertiary/aromatic N) is 2. The maximum atomic E-state index is 12.1. The minimum atomic E-state index is -0.888. The van der Waals surface area contributed by atoms with Crippen LogP contribution in [-0.2, 0) is 4.79 Å². The summed E-state index contributed by atoms with van der Waals surface area (Å²) >= 11 is 0. The number of hydrogen-bond acceptors (Lipinski definition) is 4. The van der Waals surface area contributed by atoms with E-state index >= 15 is 0 Å². The van der Waals surface area contributed by atoms with E-state index in [-0.39, 0.29) is 0 Å². The van der Waals surface area contributed by atoms with Gasteiger partial charge in [-0.25, -0.2) is 5.43 Å². The molecule has 5 nitrogen and oxygen atoms in total. The molecule has 1 amide bonds. The number of rotatable bonds is 4. The number of hydrazone groups is 1. The van der Waals surface area contributed by atoms with Crippen molar-refractivity contribution < 1.29 is 9.53 Å².